The molecule has 2 aromatic rings. The number of hydrogen-bond acceptors (Lipinski definition) is 5. The van der Waals surface area contributed by atoms with Crippen LogP contribution in [0, 0.1) is 6.92 Å². The number of aryl methyl sites for hydroxylation is 1. The van der Waals surface area contributed by atoms with E-state index in [0.717, 1.165) is 29.9 Å². The second-order valence-electron chi connectivity index (χ2n) is 4.58. The number of amides is 1. The standard InChI is InChI=1S/C12H9F6N3O2S/c1-6-5-19-9(24-6)21-10(11(13,14)15,12(16,17)18)20-8(22)7-3-2-4-23-7/h2-5H,1H3,(H,19,21)(H,20,22). The molecule has 5 nitrogen and oxygen atoms in total. The van der Waals surface area contributed by atoms with E-state index in [4.69, 9.17) is 0 Å². The van der Waals surface area contributed by atoms with Crippen LogP contribution in [0.4, 0.5) is 31.5 Å². The van der Waals surface area contributed by atoms with Gasteiger partial charge in [-0.2, -0.15) is 26.3 Å². The summed E-state index contributed by atoms with van der Waals surface area (Å²) >= 11 is 0.574. The van der Waals surface area contributed by atoms with Gasteiger partial charge in [0.05, 0.1) is 6.26 Å². The van der Waals surface area contributed by atoms with Gasteiger partial charge in [0.15, 0.2) is 10.9 Å². The number of rotatable bonds is 4. The molecular formula is C12H9F6N3O2S. The fourth-order valence-corrected chi connectivity index (χ4v) is 2.41. The minimum Gasteiger partial charge on any atom is -0.459 e. The number of anilines is 1. The lowest BCUT2D eigenvalue weighted by atomic mass is 10.1. The quantitative estimate of drug-likeness (QED) is 0.634. The average molecular weight is 373 g/mol. The largest absolute Gasteiger partial charge is 0.459 e. The fraction of sp³-hybridized carbons (Fsp3) is 0.333. The zero-order valence-electron chi connectivity index (χ0n) is 11.7. The molecule has 2 heterocycles. The molecular weight excluding hydrogens is 364 g/mol. The number of thiazole rings is 1. The number of carbonyl (C=O) groups is 1. The van der Waals surface area contributed by atoms with Crippen molar-refractivity contribution in [2.24, 2.45) is 0 Å². The Hall–Kier alpha value is -2.24. The van der Waals surface area contributed by atoms with Crippen molar-refractivity contribution < 1.29 is 35.6 Å². The maximum absolute atomic E-state index is 13.3. The van der Waals surface area contributed by atoms with Crippen LogP contribution >= 0.6 is 11.3 Å². The van der Waals surface area contributed by atoms with E-state index in [0.29, 0.717) is 16.2 Å². The molecule has 0 atom stereocenters. The molecule has 0 bridgehead atoms. The van der Waals surface area contributed by atoms with Gasteiger partial charge in [0.1, 0.15) is 0 Å². The van der Waals surface area contributed by atoms with Crippen molar-refractivity contribution in [3.8, 4) is 0 Å². The number of halogens is 6. The number of hydrogen-bond donors (Lipinski definition) is 2. The predicted molar refractivity (Wildman–Crippen MR) is 71.5 cm³/mol. The number of aromatic nitrogens is 1. The number of nitrogens with one attached hydrogen (secondary N) is 2. The highest BCUT2D eigenvalue weighted by molar-refractivity contribution is 7.15. The summed E-state index contributed by atoms with van der Waals surface area (Å²) in [7, 11) is 0. The molecule has 0 radical (unpaired) electrons. The summed E-state index contributed by atoms with van der Waals surface area (Å²) < 4.78 is 84.4. The van der Waals surface area contributed by atoms with Crippen LogP contribution in [0.25, 0.3) is 0 Å². The highest BCUT2D eigenvalue weighted by atomic mass is 32.1. The maximum atomic E-state index is 13.3. The van der Waals surface area contributed by atoms with Gasteiger partial charge >= 0.3 is 18.0 Å². The van der Waals surface area contributed by atoms with E-state index in [2.05, 4.69) is 9.40 Å². The van der Waals surface area contributed by atoms with Crippen LogP contribution in [0.15, 0.2) is 29.0 Å². The summed E-state index contributed by atoms with van der Waals surface area (Å²) in [6.07, 6.45) is -9.78. The average Bonchev–Trinajstić information content (AvgIpc) is 3.06. The third-order valence-corrected chi connectivity index (χ3v) is 3.64. The lowest BCUT2D eigenvalue weighted by Crippen LogP contribution is -2.72. The summed E-state index contributed by atoms with van der Waals surface area (Å²) in [5.74, 6) is -2.39. The molecule has 0 fully saturated rings. The van der Waals surface area contributed by atoms with Gasteiger partial charge in [-0.15, -0.1) is 11.3 Å². The SMILES string of the molecule is Cc1cnc(NC(NC(=O)c2ccco2)(C(F)(F)F)C(F)(F)F)s1. The number of nitrogens with zero attached hydrogens (tertiary/aromatic N) is 1. The van der Waals surface area contributed by atoms with Gasteiger partial charge in [0.25, 0.3) is 5.91 Å². The Morgan fingerprint density at radius 1 is 1.21 bits per heavy atom. The summed E-state index contributed by atoms with van der Waals surface area (Å²) in [6.45, 7) is 1.45. The Labute approximate surface area is 134 Å². The molecule has 0 aliphatic heterocycles. The van der Waals surface area contributed by atoms with E-state index in [1.165, 1.54) is 12.2 Å². The molecule has 0 saturated carbocycles. The molecule has 0 saturated heterocycles. The predicted octanol–water partition coefficient (Wildman–Crippen LogP) is 3.71. The van der Waals surface area contributed by atoms with Gasteiger partial charge in [-0.1, -0.05) is 0 Å². The molecule has 12 heteroatoms. The van der Waals surface area contributed by atoms with Crippen molar-refractivity contribution in [1.29, 1.82) is 0 Å². The first kappa shape index (κ1) is 18.1. The van der Waals surface area contributed by atoms with Crippen LogP contribution in [0.2, 0.25) is 0 Å². The molecule has 1 amide bonds. The van der Waals surface area contributed by atoms with E-state index in [1.54, 1.807) is 0 Å². The maximum Gasteiger partial charge on any atom is 0.439 e. The third kappa shape index (κ3) is 3.32. The van der Waals surface area contributed by atoms with Crippen LogP contribution < -0.4 is 10.6 Å². The molecule has 0 unspecified atom stereocenters. The van der Waals surface area contributed by atoms with Crippen molar-refractivity contribution >= 4 is 22.4 Å². The molecule has 2 aromatic heterocycles. The number of furan rings is 1. The first-order valence-corrected chi connectivity index (χ1v) is 6.98. The first-order valence-electron chi connectivity index (χ1n) is 6.16. The third-order valence-electron chi connectivity index (χ3n) is 2.81. The van der Waals surface area contributed by atoms with Crippen molar-refractivity contribution in [3.05, 3.63) is 35.2 Å². The Morgan fingerprint density at radius 3 is 2.25 bits per heavy atom. The molecule has 0 spiro atoms. The first-order chi connectivity index (χ1) is 11.0. The minimum atomic E-state index is -5.91. The van der Waals surface area contributed by atoms with Crippen molar-refractivity contribution in [3.63, 3.8) is 0 Å². The van der Waals surface area contributed by atoms with Crippen LogP contribution in [-0.2, 0) is 0 Å². The topological polar surface area (TPSA) is 67.2 Å². The Kier molecular flexibility index (Phi) is 4.52. The summed E-state index contributed by atoms with van der Waals surface area (Å²) in [6, 6.07) is 2.08. The monoisotopic (exact) mass is 373 g/mol. The minimum absolute atomic E-state index is 0.383. The van der Waals surface area contributed by atoms with Crippen molar-refractivity contribution in [1.82, 2.24) is 10.3 Å². The van der Waals surface area contributed by atoms with E-state index < -0.39 is 34.8 Å². The van der Waals surface area contributed by atoms with Crippen LogP contribution in [0.5, 0.6) is 0 Å². The summed E-state index contributed by atoms with van der Waals surface area (Å²) in [5.41, 5.74) is -4.73. The van der Waals surface area contributed by atoms with Crippen LogP contribution in [-0.4, -0.2) is 28.9 Å². The zero-order valence-corrected chi connectivity index (χ0v) is 12.6. The number of alkyl halides is 6. The van der Waals surface area contributed by atoms with Gasteiger partial charge in [-0.3, -0.25) is 4.79 Å². The van der Waals surface area contributed by atoms with Crippen molar-refractivity contribution in [2.45, 2.75) is 24.9 Å². The molecule has 0 aliphatic rings. The fourth-order valence-electron chi connectivity index (χ4n) is 1.69. The Balaban J connectivity index is 2.47. The highest BCUT2D eigenvalue weighted by Crippen LogP contribution is 2.44. The van der Waals surface area contributed by atoms with E-state index in [1.807, 2.05) is 0 Å². The summed E-state index contributed by atoms with van der Waals surface area (Å²) in [4.78, 5) is 15.6. The van der Waals surface area contributed by atoms with Gasteiger partial charge in [0, 0.05) is 11.1 Å². The van der Waals surface area contributed by atoms with E-state index >= 15 is 0 Å². The van der Waals surface area contributed by atoms with Gasteiger partial charge < -0.3 is 15.1 Å². The summed E-state index contributed by atoms with van der Waals surface area (Å²) in [5, 5.41) is 1.56. The van der Waals surface area contributed by atoms with Crippen molar-refractivity contribution in [2.75, 3.05) is 5.32 Å². The van der Waals surface area contributed by atoms with Crippen LogP contribution in [0.3, 0.4) is 0 Å². The Bertz CT molecular complexity index is 693. The highest BCUT2D eigenvalue weighted by Gasteiger charge is 2.73. The lowest BCUT2D eigenvalue weighted by molar-refractivity contribution is -0.294. The molecule has 2 N–H and O–H groups in total. The molecule has 2 rings (SSSR count). The molecule has 24 heavy (non-hydrogen) atoms. The van der Waals surface area contributed by atoms with Crippen LogP contribution in [0.1, 0.15) is 15.4 Å². The van der Waals surface area contributed by atoms with E-state index in [-0.39, 0.29) is 0 Å². The number of carbonyl (C=O) groups excluding carboxylic acids is 1. The zero-order chi connectivity index (χ0) is 18.2. The second-order valence-corrected chi connectivity index (χ2v) is 5.81. The smallest absolute Gasteiger partial charge is 0.439 e. The van der Waals surface area contributed by atoms with Gasteiger partial charge in [0.2, 0.25) is 0 Å². The molecule has 0 aliphatic carbocycles. The lowest BCUT2D eigenvalue weighted by Gasteiger charge is -2.37. The molecule has 132 valence electrons. The van der Waals surface area contributed by atoms with Gasteiger partial charge in [-0.25, -0.2) is 4.98 Å². The molecule has 0 aromatic carbocycles. The Morgan fingerprint density at radius 2 is 1.83 bits per heavy atom. The van der Waals surface area contributed by atoms with E-state index in [9.17, 15) is 31.1 Å². The van der Waals surface area contributed by atoms with Gasteiger partial charge in [-0.05, 0) is 19.1 Å². The normalized spacial score (nSPS) is 13.0. The second kappa shape index (κ2) is 6.00.